The van der Waals surface area contributed by atoms with Crippen LogP contribution < -0.4 is 15.4 Å². The first-order chi connectivity index (χ1) is 23.0. The number of nitrogens with two attached hydrogens (primary N) is 1. The lowest BCUT2D eigenvalue weighted by atomic mass is 9.94. The Labute approximate surface area is 271 Å². The largest absolute Gasteiger partial charge is 0.461 e. The van der Waals surface area contributed by atoms with E-state index >= 15 is 8.78 Å². The van der Waals surface area contributed by atoms with Crippen molar-refractivity contribution in [2.45, 2.75) is 55.4 Å². The number of fused-ring (bicyclic) bond motifs is 4. The number of rotatable bonds is 5. The molecular formula is C34H32ClF3N6O2. The Bertz CT molecular complexity index is 2030. The summed E-state index contributed by atoms with van der Waals surface area (Å²) < 4.78 is 76.9. The number of nitrogen functional groups attached to an aromatic ring is 1. The maximum Gasteiger partial charge on any atom is 0.319 e. The second-order valence-electron chi connectivity index (χ2n) is 12.6. The summed E-state index contributed by atoms with van der Waals surface area (Å²) in [5.41, 5.74) is 4.92. The van der Waals surface area contributed by atoms with Crippen molar-refractivity contribution in [1.82, 2.24) is 19.9 Å². The summed E-state index contributed by atoms with van der Waals surface area (Å²) in [4.78, 5) is 17.3. The van der Waals surface area contributed by atoms with E-state index in [1.807, 2.05) is 9.80 Å². The van der Waals surface area contributed by atoms with Crippen LogP contribution in [0.2, 0.25) is 0 Å². The average molecular weight is 651 g/mol. The van der Waals surface area contributed by atoms with E-state index < -0.39 is 42.0 Å². The number of alkyl halides is 2. The van der Waals surface area contributed by atoms with Crippen LogP contribution in [0, 0.1) is 29.9 Å². The predicted octanol–water partition coefficient (Wildman–Crippen LogP) is 5.47. The van der Waals surface area contributed by atoms with E-state index in [1.165, 1.54) is 24.4 Å². The van der Waals surface area contributed by atoms with Crippen molar-refractivity contribution in [3.05, 3.63) is 47.7 Å². The van der Waals surface area contributed by atoms with Crippen LogP contribution in [0.4, 0.5) is 24.7 Å². The van der Waals surface area contributed by atoms with Gasteiger partial charge in [-0.1, -0.05) is 12.0 Å². The molecule has 1 saturated carbocycles. The van der Waals surface area contributed by atoms with Crippen molar-refractivity contribution >= 4 is 44.8 Å². The zero-order valence-electron chi connectivity index (χ0n) is 26.9. The Balaban J connectivity index is 1.32. The average Bonchev–Trinajstić information content (AvgIpc) is 3.45. The summed E-state index contributed by atoms with van der Waals surface area (Å²) in [6.45, 7) is 1.03. The Hall–Kier alpha value is -3.85. The SMILES string of the molecule is [2H]C([2H])(Oc1nc(N2CCOC[C@H]3[C@H](Cl)[C@H]32)c2cnc(-c3cc(N)cc4ccc(F)c(C#C)c34)c(F)c2n1)[C@@]12CCCN1[C@H](C)[C@H](F)C2. The highest BCUT2D eigenvalue weighted by atomic mass is 35.5. The molecule has 2 aromatic heterocycles. The van der Waals surface area contributed by atoms with Crippen molar-refractivity contribution in [2.24, 2.45) is 5.92 Å². The normalized spacial score (nSPS) is 30.0. The monoisotopic (exact) mass is 650 g/mol. The highest BCUT2D eigenvalue weighted by molar-refractivity contribution is 6.24. The van der Waals surface area contributed by atoms with Crippen LogP contribution in [-0.4, -0.2) is 81.9 Å². The Morgan fingerprint density at radius 2 is 2.13 bits per heavy atom. The number of ether oxygens (including phenoxy) is 2. The minimum Gasteiger partial charge on any atom is -0.461 e. The van der Waals surface area contributed by atoms with Gasteiger partial charge in [-0.2, -0.15) is 9.97 Å². The van der Waals surface area contributed by atoms with Crippen LogP contribution in [0.25, 0.3) is 32.9 Å². The van der Waals surface area contributed by atoms with E-state index in [4.69, 9.17) is 36.0 Å². The molecule has 5 heterocycles. The van der Waals surface area contributed by atoms with Crippen molar-refractivity contribution < 1.29 is 25.4 Å². The van der Waals surface area contributed by atoms with Crippen LogP contribution in [0.15, 0.2) is 30.5 Å². The maximum atomic E-state index is 17.0. The first-order valence-corrected chi connectivity index (χ1v) is 15.8. The van der Waals surface area contributed by atoms with Gasteiger partial charge in [0, 0.05) is 47.8 Å². The van der Waals surface area contributed by atoms with Crippen molar-refractivity contribution in [3.8, 4) is 29.6 Å². The Kier molecular flexibility index (Phi) is 6.44. The number of benzene rings is 2. The van der Waals surface area contributed by atoms with Crippen LogP contribution in [0.5, 0.6) is 6.01 Å². The first kappa shape index (κ1) is 27.3. The first-order valence-electron chi connectivity index (χ1n) is 16.4. The standard InChI is InChI=1S/C34H32ClF3N6O2/c1-3-20-24(36)6-5-18-11-19(39)12-21(26(18)20)29-28(38)30-22(14-40-29)32(43-9-10-45-15-23-27(35)31(23)43)42-33(41-30)46-16-34-7-4-8-44(34)17(2)25(37)13-34/h1,5-6,11-12,14,17,23,25,27,31H,4,7-10,13,15-16,39H2,2H3/t17-,23+,25-,27+,31+,34+/m1/s1/i16D2. The Morgan fingerprint density at radius 3 is 2.96 bits per heavy atom. The predicted molar refractivity (Wildman–Crippen MR) is 171 cm³/mol. The lowest BCUT2D eigenvalue weighted by Crippen LogP contribution is -2.46. The minimum atomic E-state index is -2.43. The molecule has 3 saturated heterocycles. The second kappa shape index (κ2) is 10.9. The molecule has 4 aromatic rings. The van der Waals surface area contributed by atoms with Gasteiger partial charge >= 0.3 is 6.01 Å². The van der Waals surface area contributed by atoms with Crippen LogP contribution in [0.1, 0.15) is 34.5 Å². The van der Waals surface area contributed by atoms with E-state index in [2.05, 4.69) is 20.9 Å². The van der Waals surface area contributed by atoms with Crippen molar-refractivity contribution in [3.63, 3.8) is 0 Å². The molecule has 0 unspecified atom stereocenters. The van der Waals surface area contributed by atoms with Crippen molar-refractivity contribution in [1.29, 1.82) is 0 Å². The van der Waals surface area contributed by atoms with Gasteiger partial charge in [0.05, 0.1) is 43.9 Å². The fraction of sp³-hybridized carbons (Fsp3) is 0.441. The summed E-state index contributed by atoms with van der Waals surface area (Å²) in [6.07, 6.45) is 6.88. The van der Waals surface area contributed by atoms with Crippen molar-refractivity contribution in [2.75, 3.05) is 43.5 Å². The van der Waals surface area contributed by atoms with Gasteiger partial charge in [-0.3, -0.25) is 9.88 Å². The van der Waals surface area contributed by atoms with Gasteiger partial charge in [-0.05, 0) is 49.9 Å². The van der Waals surface area contributed by atoms with E-state index in [-0.39, 0.29) is 68.4 Å². The summed E-state index contributed by atoms with van der Waals surface area (Å²) in [5.74, 6) is 1.08. The molecule has 4 aliphatic rings. The highest BCUT2D eigenvalue weighted by Crippen LogP contribution is 2.47. The third kappa shape index (κ3) is 4.48. The highest BCUT2D eigenvalue weighted by Gasteiger charge is 2.55. The van der Waals surface area contributed by atoms with Gasteiger partial charge in [-0.15, -0.1) is 18.0 Å². The second-order valence-corrected chi connectivity index (χ2v) is 13.1. The molecule has 8 nitrogen and oxygen atoms in total. The summed E-state index contributed by atoms with van der Waals surface area (Å²) in [6, 6.07) is 4.73. The number of hydrogen-bond acceptors (Lipinski definition) is 8. The quantitative estimate of drug-likeness (QED) is 0.173. The van der Waals surface area contributed by atoms with E-state index in [0.29, 0.717) is 44.5 Å². The van der Waals surface area contributed by atoms with Crippen LogP contribution >= 0.6 is 11.6 Å². The Morgan fingerprint density at radius 1 is 1.28 bits per heavy atom. The molecule has 12 heteroatoms. The van der Waals surface area contributed by atoms with Gasteiger partial charge in [0.25, 0.3) is 0 Å². The third-order valence-corrected chi connectivity index (χ3v) is 10.6. The topological polar surface area (TPSA) is 89.6 Å². The van der Waals surface area contributed by atoms with Gasteiger partial charge in [-0.25, -0.2) is 13.2 Å². The molecule has 0 radical (unpaired) electrons. The van der Waals surface area contributed by atoms with Crippen LogP contribution in [-0.2, 0) is 4.74 Å². The zero-order valence-corrected chi connectivity index (χ0v) is 25.7. The molecule has 2 aromatic carbocycles. The number of pyridine rings is 1. The molecule has 1 aliphatic carbocycles. The van der Waals surface area contributed by atoms with E-state index in [9.17, 15) is 4.39 Å². The van der Waals surface area contributed by atoms with Gasteiger partial charge in [0.1, 0.15) is 35.6 Å². The molecule has 3 aliphatic heterocycles. The summed E-state index contributed by atoms with van der Waals surface area (Å²) >= 11 is 6.65. The smallest absolute Gasteiger partial charge is 0.319 e. The molecule has 0 bridgehead atoms. The number of hydrogen-bond donors (Lipinski definition) is 1. The molecule has 8 rings (SSSR count). The fourth-order valence-electron chi connectivity index (χ4n) is 7.65. The van der Waals surface area contributed by atoms with Gasteiger partial charge in [0.2, 0.25) is 0 Å². The number of nitrogens with zero attached hydrogens (tertiary/aromatic N) is 5. The number of halogens is 4. The molecular weight excluding hydrogens is 617 g/mol. The fourth-order valence-corrected chi connectivity index (χ4v) is 8.11. The molecule has 0 amide bonds. The molecule has 4 fully saturated rings. The molecule has 46 heavy (non-hydrogen) atoms. The van der Waals surface area contributed by atoms with Crippen LogP contribution in [0.3, 0.4) is 0 Å². The third-order valence-electron chi connectivity index (χ3n) is 10.0. The number of aromatic nitrogens is 3. The van der Waals surface area contributed by atoms with Gasteiger partial charge < -0.3 is 20.1 Å². The lowest BCUT2D eigenvalue weighted by molar-refractivity contribution is 0.0879. The maximum absolute atomic E-state index is 17.0. The zero-order chi connectivity index (χ0) is 33.7. The number of terminal acetylenes is 1. The van der Waals surface area contributed by atoms with E-state index in [1.54, 1.807) is 13.0 Å². The van der Waals surface area contributed by atoms with Gasteiger partial charge in [0.15, 0.2) is 5.82 Å². The van der Waals surface area contributed by atoms with E-state index in [0.717, 1.165) is 0 Å². The minimum absolute atomic E-state index is 0.00945. The molecule has 6 atom stereocenters. The molecule has 238 valence electrons. The number of anilines is 2. The summed E-state index contributed by atoms with van der Waals surface area (Å²) in [5, 5.41) is 0.741. The summed E-state index contributed by atoms with van der Waals surface area (Å²) in [7, 11) is 0. The molecule has 2 N–H and O–H groups in total. The lowest BCUT2D eigenvalue weighted by Gasteiger charge is -2.33. The molecule has 0 spiro atoms.